The molecule has 2 unspecified atom stereocenters. The molecule has 0 saturated carbocycles. The number of nitrogens with one attached hydrogen (secondary N) is 2. The molecule has 0 radical (unpaired) electrons. The molecule has 2 amide bonds. The molecule has 3 aromatic carbocycles. The Bertz CT molecular complexity index is 2050. The highest BCUT2D eigenvalue weighted by molar-refractivity contribution is 7.85. The Kier molecular flexibility index (Phi) is 18.7. The molecule has 1 aliphatic heterocycles. The summed E-state index contributed by atoms with van der Waals surface area (Å²) in [6.07, 6.45) is 0.230. The first-order valence-electron chi connectivity index (χ1n) is 21.3. The molecule has 0 bridgehead atoms. The molecule has 1 saturated heterocycles. The highest BCUT2D eigenvalue weighted by Gasteiger charge is 2.53. The van der Waals surface area contributed by atoms with Crippen LogP contribution in [0.5, 0.6) is 23.0 Å². The molecule has 2 N–H and O–H groups in total. The van der Waals surface area contributed by atoms with Gasteiger partial charge in [-0.15, -0.1) is 0 Å². The number of alkyl carbamates (subject to hydrolysis) is 1. The Morgan fingerprint density at radius 2 is 1.47 bits per heavy atom. The number of ether oxygens (including phenoxy) is 8. The number of carbonyl (C=O) groups is 3. The summed E-state index contributed by atoms with van der Waals surface area (Å²) >= 11 is 0. The summed E-state index contributed by atoms with van der Waals surface area (Å²) in [7, 11) is 1.80. The van der Waals surface area contributed by atoms with Gasteiger partial charge in [0.15, 0.2) is 6.29 Å². The summed E-state index contributed by atoms with van der Waals surface area (Å²) in [6, 6.07) is 19.1. The maximum Gasteiger partial charge on any atom is 0.408 e. The molecule has 0 aliphatic carbocycles. The first-order chi connectivity index (χ1) is 30.2. The second-order valence-electron chi connectivity index (χ2n) is 17.6. The maximum absolute atomic E-state index is 14.5. The number of esters is 1. The van der Waals surface area contributed by atoms with Gasteiger partial charge in [-0.25, -0.2) is 9.59 Å². The van der Waals surface area contributed by atoms with Gasteiger partial charge >= 0.3 is 12.1 Å². The molecule has 354 valence electrons. The van der Waals surface area contributed by atoms with Crippen molar-refractivity contribution in [3.05, 3.63) is 83.4 Å². The summed E-state index contributed by atoms with van der Waals surface area (Å²) in [5.41, 5.74) is -1.75. The minimum Gasteiger partial charge on any atom is -0.496 e. The van der Waals surface area contributed by atoms with Crippen molar-refractivity contribution in [1.82, 2.24) is 10.6 Å². The molecule has 0 spiro atoms. The van der Waals surface area contributed by atoms with Crippen LogP contribution < -0.4 is 29.6 Å². The summed E-state index contributed by atoms with van der Waals surface area (Å²) in [4.78, 5) is 41.9. The normalized spacial score (nSPS) is 16.3. The Hall–Kier alpha value is -5.10. The van der Waals surface area contributed by atoms with Gasteiger partial charge in [0, 0.05) is 24.7 Å². The van der Waals surface area contributed by atoms with Gasteiger partial charge in [0.05, 0.1) is 47.2 Å². The van der Waals surface area contributed by atoms with Crippen LogP contribution in [0.1, 0.15) is 83.9 Å². The molecule has 1 aliphatic rings. The van der Waals surface area contributed by atoms with Gasteiger partial charge in [0.25, 0.3) is 10.1 Å². The number of hydrogen-bond donors (Lipinski definition) is 2. The van der Waals surface area contributed by atoms with E-state index in [1.807, 2.05) is 0 Å². The third kappa shape index (κ3) is 15.3. The lowest BCUT2D eigenvalue weighted by molar-refractivity contribution is -0.198. The van der Waals surface area contributed by atoms with E-state index in [4.69, 9.17) is 42.1 Å². The first-order valence-corrected chi connectivity index (χ1v) is 22.8. The zero-order valence-electron chi connectivity index (χ0n) is 38.8. The van der Waals surface area contributed by atoms with Crippen molar-refractivity contribution < 1.29 is 64.9 Å². The lowest BCUT2D eigenvalue weighted by atomic mass is 9.68. The molecule has 0 aromatic heterocycles. The van der Waals surface area contributed by atoms with Crippen LogP contribution in [0.15, 0.2) is 66.7 Å². The number of hydrogen-bond acceptors (Lipinski definition) is 14. The minimum atomic E-state index is -3.94. The van der Waals surface area contributed by atoms with Crippen molar-refractivity contribution in [2.75, 3.05) is 48.3 Å². The fraction of sp³-hybridized carbons (Fsp3) is 0.553. The van der Waals surface area contributed by atoms with Crippen LogP contribution in [-0.4, -0.2) is 98.2 Å². The molecule has 3 aromatic rings. The topological polar surface area (TPSA) is 192 Å². The molecular weight excluding hydrogens is 849 g/mol. The lowest BCUT2D eigenvalue weighted by Crippen LogP contribution is -2.64. The SMILES string of the molecule is COC(=O)[C@@](C[C@H](Cc1ccc(OCC(COS(=O)(=O)Cc2ccccc2)OC2CCCCO2)cc1)C(=O)NCc1c(OC)cc(OC)cc1OC)(NC(=O)OC(C)(C)C)C(C)(C)C. The Balaban J connectivity index is 1.60. The first kappa shape index (κ1) is 51.5. The van der Waals surface area contributed by atoms with E-state index in [-0.39, 0.29) is 38.4 Å². The van der Waals surface area contributed by atoms with Crippen molar-refractivity contribution in [1.29, 1.82) is 0 Å². The molecule has 1 heterocycles. The fourth-order valence-electron chi connectivity index (χ4n) is 7.19. The Morgan fingerprint density at radius 3 is 2.02 bits per heavy atom. The van der Waals surface area contributed by atoms with Crippen LogP contribution in [0.4, 0.5) is 4.79 Å². The molecule has 4 atom stereocenters. The Morgan fingerprint density at radius 1 is 0.812 bits per heavy atom. The molecule has 17 heteroatoms. The van der Waals surface area contributed by atoms with Crippen LogP contribution in [0.3, 0.4) is 0 Å². The number of benzene rings is 3. The monoisotopic (exact) mass is 914 g/mol. The van der Waals surface area contributed by atoms with Crippen molar-refractivity contribution >= 4 is 28.1 Å². The largest absolute Gasteiger partial charge is 0.496 e. The summed E-state index contributed by atoms with van der Waals surface area (Å²) < 4.78 is 76.8. The van der Waals surface area contributed by atoms with Gasteiger partial charge in [0.1, 0.15) is 52.6 Å². The van der Waals surface area contributed by atoms with Crippen LogP contribution in [-0.2, 0) is 61.6 Å². The lowest BCUT2D eigenvalue weighted by Gasteiger charge is -2.44. The number of rotatable bonds is 22. The van der Waals surface area contributed by atoms with Gasteiger partial charge in [-0.1, -0.05) is 63.2 Å². The number of amides is 2. The van der Waals surface area contributed by atoms with Gasteiger partial charge < -0.3 is 48.5 Å². The smallest absolute Gasteiger partial charge is 0.408 e. The van der Waals surface area contributed by atoms with E-state index < -0.39 is 63.0 Å². The van der Waals surface area contributed by atoms with Crippen molar-refractivity contribution in [3.8, 4) is 23.0 Å². The van der Waals surface area contributed by atoms with Gasteiger partial charge in [-0.05, 0) is 81.5 Å². The van der Waals surface area contributed by atoms with Crippen molar-refractivity contribution in [2.45, 2.75) is 109 Å². The number of methoxy groups -OCH3 is 4. The number of carbonyl (C=O) groups excluding carboxylic acids is 3. The average molecular weight is 915 g/mol. The van der Waals surface area contributed by atoms with E-state index in [1.54, 1.807) is 108 Å². The van der Waals surface area contributed by atoms with Crippen LogP contribution in [0.25, 0.3) is 0 Å². The van der Waals surface area contributed by atoms with Crippen LogP contribution >= 0.6 is 0 Å². The average Bonchev–Trinajstić information content (AvgIpc) is 3.25. The molecule has 64 heavy (non-hydrogen) atoms. The van der Waals surface area contributed by atoms with E-state index in [9.17, 15) is 22.8 Å². The highest BCUT2D eigenvalue weighted by atomic mass is 32.2. The third-order valence-corrected chi connectivity index (χ3v) is 11.8. The molecule has 1 fully saturated rings. The second kappa shape index (κ2) is 23.2. The van der Waals surface area contributed by atoms with E-state index in [1.165, 1.54) is 28.4 Å². The third-order valence-electron chi connectivity index (χ3n) is 10.7. The molecule has 4 rings (SSSR count). The second-order valence-corrected chi connectivity index (χ2v) is 19.2. The fourth-order valence-corrected chi connectivity index (χ4v) is 8.23. The summed E-state index contributed by atoms with van der Waals surface area (Å²) in [6.45, 7) is 10.6. The highest BCUT2D eigenvalue weighted by Crippen LogP contribution is 2.39. The Labute approximate surface area is 378 Å². The standard InChI is InChI=1S/C47H66N2O14S/c1-45(2,3)47(43(51)58-10,49-44(52)63-46(4,5)6)27-34(42(50)48-28-38-39(56-8)25-36(55-7)26-40(38)57-9)24-32-19-21-35(22-20-32)60-29-37(62-41-18-14-15-23-59-41)30-61-64(53,54)31-33-16-12-11-13-17-33/h11-13,16-17,19-22,25-26,34,37,41H,14-15,18,23-24,27-31H2,1-10H3,(H,48,50)(H,49,52)/t34-,37?,41?,47+/m0/s1. The molecule has 16 nitrogen and oxygen atoms in total. The van der Waals surface area contributed by atoms with E-state index in [0.29, 0.717) is 52.7 Å². The quantitative estimate of drug-likeness (QED) is 0.0782. The van der Waals surface area contributed by atoms with Crippen LogP contribution in [0, 0.1) is 11.3 Å². The molecular formula is C47H66N2O14S. The minimum absolute atomic E-state index is 0.00884. The zero-order valence-corrected chi connectivity index (χ0v) is 39.6. The van der Waals surface area contributed by atoms with E-state index >= 15 is 0 Å². The van der Waals surface area contributed by atoms with Gasteiger partial charge in [0.2, 0.25) is 5.91 Å². The predicted octanol–water partition coefficient (Wildman–Crippen LogP) is 6.90. The predicted molar refractivity (Wildman–Crippen MR) is 239 cm³/mol. The summed E-state index contributed by atoms with van der Waals surface area (Å²) in [5, 5.41) is 5.81. The summed E-state index contributed by atoms with van der Waals surface area (Å²) in [5.74, 6) is -0.622. The van der Waals surface area contributed by atoms with E-state index in [2.05, 4.69) is 10.6 Å². The van der Waals surface area contributed by atoms with Crippen molar-refractivity contribution in [2.24, 2.45) is 11.3 Å². The van der Waals surface area contributed by atoms with Crippen molar-refractivity contribution in [3.63, 3.8) is 0 Å². The maximum atomic E-state index is 14.5. The van der Waals surface area contributed by atoms with E-state index in [0.717, 1.165) is 12.8 Å². The van der Waals surface area contributed by atoms with Gasteiger partial charge in [-0.3, -0.25) is 8.98 Å². The van der Waals surface area contributed by atoms with Gasteiger partial charge in [-0.2, -0.15) is 8.42 Å². The zero-order chi connectivity index (χ0) is 47.1. The van der Waals surface area contributed by atoms with Crippen LogP contribution in [0.2, 0.25) is 0 Å².